The van der Waals surface area contributed by atoms with Crippen LogP contribution in [-0.4, -0.2) is 34.1 Å². The van der Waals surface area contributed by atoms with E-state index in [0.29, 0.717) is 30.6 Å². The summed E-state index contributed by atoms with van der Waals surface area (Å²) in [4.78, 5) is 15.2. The predicted octanol–water partition coefficient (Wildman–Crippen LogP) is 1.71. The second-order valence-corrected chi connectivity index (χ2v) is 4.99. The Morgan fingerprint density at radius 2 is 2.15 bits per heavy atom. The Morgan fingerprint density at radius 1 is 1.30 bits per heavy atom. The molecule has 0 bridgehead atoms. The van der Waals surface area contributed by atoms with Gasteiger partial charge < -0.3 is 9.64 Å². The first-order chi connectivity index (χ1) is 9.78. The van der Waals surface area contributed by atoms with Crippen molar-refractivity contribution < 1.29 is 4.74 Å². The highest BCUT2D eigenvalue weighted by molar-refractivity contribution is 5.39. The number of hydrogen-bond acceptors (Lipinski definition) is 7. The Morgan fingerprint density at radius 3 is 2.85 bits per heavy atom. The summed E-state index contributed by atoms with van der Waals surface area (Å²) in [5.41, 5.74) is 2.49. The van der Waals surface area contributed by atoms with Crippen molar-refractivity contribution >= 4 is 11.9 Å². The smallest absolute Gasteiger partial charge is 0.323 e. The predicted molar refractivity (Wildman–Crippen MR) is 78.7 cm³/mol. The third kappa shape index (κ3) is 3.47. The normalized spacial score (nSPS) is 18.9. The molecule has 7 nitrogen and oxygen atoms in total. The van der Waals surface area contributed by atoms with Crippen LogP contribution in [0.5, 0.6) is 6.01 Å². The lowest BCUT2D eigenvalue weighted by molar-refractivity contribution is 0.291. The van der Waals surface area contributed by atoms with Crippen molar-refractivity contribution in [1.82, 2.24) is 15.0 Å². The number of nitrogen functional groups attached to an aromatic ring is 1. The first kappa shape index (κ1) is 14.8. The van der Waals surface area contributed by atoms with Crippen LogP contribution in [0.3, 0.4) is 0 Å². The molecule has 0 aliphatic carbocycles. The van der Waals surface area contributed by atoms with Gasteiger partial charge in [0.25, 0.3) is 0 Å². The molecular weight excluding hydrogens is 256 g/mol. The molecule has 0 spiro atoms. The lowest BCUT2D eigenvalue weighted by Gasteiger charge is -2.35. The van der Waals surface area contributed by atoms with Crippen molar-refractivity contribution in [2.45, 2.75) is 52.0 Å². The number of rotatable bonds is 6. The quantitative estimate of drug-likeness (QED) is 0.605. The van der Waals surface area contributed by atoms with Crippen molar-refractivity contribution in [2.75, 3.05) is 23.5 Å². The number of hydrazine groups is 1. The summed E-state index contributed by atoms with van der Waals surface area (Å²) in [6.45, 7) is 5.80. The molecule has 1 unspecified atom stereocenters. The van der Waals surface area contributed by atoms with Gasteiger partial charge >= 0.3 is 6.01 Å². The van der Waals surface area contributed by atoms with Crippen LogP contribution < -0.4 is 20.9 Å². The minimum atomic E-state index is 0.338. The van der Waals surface area contributed by atoms with Crippen molar-refractivity contribution in [3.63, 3.8) is 0 Å². The van der Waals surface area contributed by atoms with Crippen LogP contribution >= 0.6 is 0 Å². The number of nitrogens with zero attached hydrogens (tertiary/aromatic N) is 4. The molecule has 1 atom stereocenters. The van der Waals surface area contributed by atoms with E-state index in [-0.39, 0.29) is 0 Å². The number of hydrogen-bond donors (Lipinski definition) is 2. The molecule has 2 rings (SSSR count). The zero-order chi connectivity index (χ0) is 14.4. The van der Waals surface area contributed by atoms with Crippen LogP contribution in [0, 0.1) is 0 Å². The van der Waals surface area contributed by atoms with Crippen LogP contribution in [0.4, 0.5) is 11.9 Å². The van der Waals surface area contributed by atoms with E-state index in [4.69, 9.17) is 10.6 Å². The van der Waals surface area contributed by atoms with Crippen LogP contribution in [0.15, 0.2) is 0 Å². The molecule has 1 fully saturated rings. The molecule has 7 heteroatoms. The maximum atomic E-state index is 5.51. The monoisotopic (exact) mass is 280 g/mol. The first-order valence-corrected chi connectivity index (χ1v) is 7.40. The molecule has 112 valence electrons. The maximum Gasteiger partial charge on any atom is 0.323 e. The molecule has 1 aliphatic rings. The topological polar surface area (TPSA) is 89.2 Å². The summed E-state index contributed by atoms with van der Waals surface area (Å²) in [5.74, 6) is 6.44. The Balaban J connectivity index is 2.24. The molecule has 1 aliphatic heterocycles. The van der Waals surface area contributed by atoms with E-state index in [1.54, 1.807) is 0 Å². The van der Waals surface area contributed by atoms with Gasteiger partial charge in [-0.15, -0.1) is 0 Å². The Bertz CT molecular complexity index is 427. The average Bonchev–Trinajstić information content (AvgIpc) is 2.52. The maximum absolute atomic E-state index is 5.51. The largest absolute Gasteiger partial charge is 0.463 e. The van der Waals surface area contributed by atoms with Gasteiger partial charge in [0.05, 0.1) is 6.61 Å². The van der Waals surface area contributed by atoms with Crippen LogP contribution in [0.1, 0.15) is 46.0 Å². The zero-order valence-corrected chi connectivity index (χ0v) is 12.3. The Labute approximate surface area is 119 Å². The number of nitrogens with one attached hydrogen (secondary N) is 1. The summed E-state index contributed by atoms with van der Waals surface area (Å²) in [5, 5.41) is 0. The van der Waals surface area contributed by atoms with Crippen LogP contribution in [0.2, 0.25) is 0 Å². The van der Waals surface area contributed by atoms with Gasteiger partial charge in [-0.3, -0.25) is 5.43 Å². The van der Waals surface area contributed by atoms with Gasteiger partial charge in [0.15, 0.2) is 0 Å². The molecule has 1 aromatic rings. The Hall–Kier alpha value is -1.63. The molecule has 0 saturated carbocycles. The number of piperidine rings is 1. The van der Waals surface area contributed by atoms with E-state index in [0.717, 1.165) is 19.4 Å². The van der Waals surface area contributed by atoms with Gasteiger partial charge in [-0.25, -0.2) is 5.84 Å². The average molecular weight is 280 g/mol. The second-order valence-electron chi connectivity index (χ2n) is 4.99. The summed E-state index contributed by atoms with van der Waals surface area (Å²) in [7, 11) is 0. The van der Waals surface area contributed by atoms with Crippen molar-refractivity contribution in [3.8, 4) is 6.01 Å². The van der Waals surface area contributed by atoms with Crippen LogP contribution in [0.25, 0.3) is 0 Å². The number of nitrogens with two attached hydrogens (primary N) is 1. The highest BCUT2D eigenvalue weighted by Gasteiger charge is 2.24. The summed E-state index contributed by atoms with van der Waals surface area (Å²) in [6.07, 6.45) is 5.61. The molecule has 0 aromatic carbocycles. The van der Waals surface area contributed by atoms with Gasteiger partial charge in [0.2, 0.25) is 11.9 Å². The van der Waals surface area contributed by atoms with Crippen LogP contribution in [-0.2, 0) is 0 Å². The molecule has 2 heterocycles. The fourth-order valence-corrected chi connectivity index (χ4v) is 2.49. The second kappa shape index (κ2) is 7.23. The number of aromatic nitrogens is 3. The molecule has 0 radical (unpaired) electrons. The molecule has 20 heavy (non-hydrogen) atoms. The summed E-state index contributed by atoms with van der Waals surface area (Å²) in [6, 6.07) is 0.820. The van der Waals surface area contributed by atoms with E-state index < -0.39 is 0 Å². The molecule has 0 amide bonds. The van der Waals surface area contributed by atoms with E-state index in [1.165, 1.54) is 19.3 Å². The minimum absolute atomic E-state index is 0.338. The van der Waals surface area contributed by atoms with Crippen molar-refractivity contribution in [2.24, 2.45) is 5.84 Å². The molecule has 3 N–H and O–H groups in total. The SMILES string of the molecule is CCCOc1nc(NN)nc(N2CCCCC2CC)n1. The molecular formula is C13H24N6O. The highest BCUT2D eigenvalue weighted by Crippen LogP contribution is 2.25. The van der Waals surface area contributed by atoms with Crippen molar-refractivity contribution in [3.05, 3.63) is 0 Å². The van der Waals surface area contributed by atoms with E-state index in [9.17, 15) is 0 Å². The third-order valence-electron chi connectivity index (χ3n) is 3.52. The van der Waals surface area contributed by atoms with Gasteiger partial charge in [-0.2, -0.15) is 15.0 Å². The fraction of sp³-hybridized carbons (Fsp3) is 0.769. The Kier molecular flexibility index (Phi) is 5.34. The lowest BCUT2D eigenvalue weighted by atomic mass is 10.0. The highest BCUT2D eigenvalue weighted by atomic mass is 16.5. The third-order valence-corrected chi connectivity index (χ3v) is 3.52. The zero-order valence-electron chi connectivity index (χ0n) is 12.3. The van der Waals surface area contributed by atoms with Gasteiger partial charge in [-0.05, 0) is 32.1 Å². The van der Waals surface area contributed by atoms with E-state index >= 15 is 0 Å². The number of ether oxygens (including phenoxy) is 1. The fourth-order valence-electron chi connectivity index (χ4n) is 2.49. The first-order valence-electron chi connectivity index (χ1n) is 7.40. The van der Waals surface area contributed by atoms with Gasteiger partial charge in [-0.1, -0.05) is 13.8 Å². The summed E-state index contributed by atoms with van der Waals surface area (Å²) >= 11 is 0. The van der Waals surface area contributed by atoms with E-state index in [1.807, 2.05) is 6.92 Å². The molecule has 1 aromatic heterocycles. The standard InChI is InChI=1S/C13H24N6O/c1-3-9-20-13-16-11(18-14)15-12(17-13)19-8-6-5-7-10(19)4-2/h10H,3-9,14H2,1-2H3,(H,15,16,17,18). The van der Waals surface area contributed by atoms with Crippen molar-refractivity contribution in [1.29, 1.82) is 0 Å². The van der Waals surface area contributed by atoms with E-state index in [2.05, 4.69) is 32.2 Å². The molecule has 1 saturated heterocycles. The lowest BCUT2D eigenvalue weighted by Crippen LogP contribution is -2.40. The van der Waals surface area contributed by atoms with Gasteiger partial charge in [0, 0.05) is 12.6 Å². The minimum Gasteiger partial charge on any atom is -0.463 e. The number of anilines is 2. The summed E-state index contributed by atoms with van der Waals surface area (Å²) < 4.78 is 5.51. The van der Waals surface area contributed by atoms with Gasteiger partial charge in [0.1, 0.15) is 0 Å².